The molecular formula is C22H17Cl4N5O. The van der Waals surface area contributed by atoms with Gasteiger partial charge in [-0.05, 0) is 30.3 Å². The van der Waals surface area contributed by atoms with Crippen LogP contribution >= 0.6 is 46.4 Å². The first-order valence-electron chi connectivity index (χ1n) is 9.54. The molecule has 6 nitrogen and oxygen atoms in total. The summed E-state index contributed by atoms with van der Waals surface area (Å²) in [5.41, 5.74) is 2.05. The molecule has 164 valence electrons. The van der Waals surface area contributed by atoms with Gasteiger partial charge in [0.15, 0.2) is 6.10 Å². The average Bonchev–Trinajstić information content (AvgIpc) is 3.45. The first-order chi connectivity index (χ1) is 15.5. The monoisotopic (exact) mass is 507 g/mol. The van der Waals surface area contributed by atoms with Crippen LogP contribution in [0.4, 0.5) is 0 Å². The lowest BCUT2D eigenvalue weighted by Crippen LogP contribution is -2.15. The van der Waals surface area contributed by atoms with Crippen molar-refractivity contribution in [2.75, 3.05) is 0 Å². The van der Waals surface area contributed by atoms with Crippen molar-refractivity contribution in [3.05, 3.63) is 105 Å². The molecule has 0 aliphatic rings. The van der Waals surface area contributed by atoms with Crippen molar-refractivity contribution in [1.82, 2.24) is 19.1 Å². The van der Waals surface area contributed by atoms with Crippen molar-refractivity contribution in [2.24, 2.45) is 5.16 Å². The summed E-state index contributed by atoms with van der Waals surface area (Å²) in [6.07, 6.45) is 9.95. The largest absolute Gasteiger partial charge is 0.385 e. The maximum absolute atomic E-state index is 6.47. The molecule has 4 rings (SSSR count). The normalized spacial score (nSPS) is 12.7. The topological polar surface area (TPSA) is 57.2 Å². The molecule has 0 aliphatic carbocycles. The molecule has 10 heteroatoms. The fraction of sp³-hybridized carbons (Fsp3) is 0.136. The summed E-state index contributed by atoms with van der Waals surface area (Å²) in [5, 5.41) is 6.52. The fourth-order valence-electron chi connectivity index (χ4n) is 3.10. The van der Waals surface area contributed by atoms with Gasteiger partial charge in [-0.25, -0.2) is 9.97 Å². The predicted molar refractivity (Wildman–Crippen MR) is 128 cm³/mol. The van der Waals surface area contributed by atoms with Crippen LogP contribution in [0.3, 0.4) is 0 Å². The lowest BCUT2D eigenvalue weighted by Gasteiger charge is -2.19. The molecule has 0 aliphatic heterocycles. The smallest absolute Gasteiger partial charge is 0.171 e. The van der Waals surface area contributed by atoms with Gasteiger partial charge in [0.25, 0.3) is 0 Å². The van der Waals surface area contributed by atoms with Crippen molar-refractivity contribution < 1.29 is 4.84 Å². The molecule has 0 N–H and O–H groups in total. The van der Waals surface area contributed by atoms with E-state index in [2.05, 4.69) is 15.1 Å². The third kappa shape index (κ3) is 5.64. The highest BCUT2D eigenvalue weighted by Crippen LogP contribution is 2.30. The molecule has 2 aromatic heterocycles. The van der Waals surface area contributed by atoms with Crippen LogP contribution in [-0.2, 0) is 17.9 Å². The maximum atomic E-state index is 6.47. The van der Waals surface area contributed by atoms with Gasteiger partial charge in [0.1, 0.15) is 5.71 Å². The van der Waals surface area contributed by atoms with Crippen LogP contribution in [0.1, 0.15) is 17.2 Å². The molecule has 2 aromatic carbocycles. The molecule has 32 heavy (non-hydrogen) atoms. The quantitative estimate of drug-likeness (QED) is 0.200. The molecule has 0 radical (unpaired) electrons. The summed E-state index contributed by atoms with van der Waals surface area (Å²) in [7, 11) is 0. The van der Waals surface area contributed by atoms with Crippen LogP contribution in [0, 0.1) is 0 Å². The Morgan fingerprint density at radius 2 is 1.53 bits per heavy atom. The molecule has 0 spiro atoms. The molecule has 4 aromatic rings. The molecule has 0 fully saturated rings. The lowest BCUT2D eigenvalue weighted by molar-refractivity contribution is 0.0453. The number of imidazole rings is 2. The molecule has 0 saturated heterocycles. The predicted octanol–water partition coefficient (Wildman–Crippen LogP) is 6.56. The minimum atomic E-state index is -0.502. The lowest BCUT2D eigenvalue weighted by atomic mass is 10.1. The summed E-state index contributed by atoms with van der Waals surface area (Å²) in [4.78, 5) is 14.2. The van der Waals surface area contributed by atoms with E-state index in [-0.39, 0.29) is 0 Å². The molecule has 1 unspecified atom stereocenters. The summed E-state index contributed by atoms with van der Waals surface area (Å²) < 4.78 is 3.75. The minimum absolute atomic E-state index is 0.396. The van der Waals surface area contributed by atoms with Crippen LogP contribution in [0.5, 0.6) is 0 Å². The van der Waals surface area contributed by atoms with Crippen molar-refractivity contribution in [2.45, 2.75) is 19.2 Å². The Morgan fingerprint density at radius 1 is 0.875 bits per heavy atom. The highest BCUT2D eigenvalue weighted by Gasteiger charge is 2.19. The van der Waals surface area contributed by atoms with Gasteiger partial charge in [-0.3, -0.25) is 0 Å². The molecule has 2 heterocycles. The Morgan fingerprint density at radius 3 is 2.16 bits per heavy atom. The van der Waals surface area contributed by atoms with E-state index in [1.807, 2.05) is 33.7 Å². The average molecular weight is 509 g/mol. The van der Waals surface area contributed by atoms with Gasteiger partial charge < -0.3 is 14.0 Å². The van der Waals surface area contributed by atoms with E-state index in [1.165, 1.54) is 0 Å². The summed E-state index contributed by atoms with van der Waals surface area (Å²) in [6.45, 7) is 0.838. The van der Waals surface area contributed by atoms with Crippen LogP contribution in [0.15, 0.2) is 79.0 Å². The SMILES string of the molecule is Clc1ccc(/C(Cn2ccnc2)=N\OC(Cn2ccnc2)c2ccc(Cl)cc2Cl)c(Cl)c1. The van der Waals surface area contributed by atoms with E-state index < -0.39 is 6.10 Å². The van der Waals surface area contributed by atoms with Crippen molar-refractivity contribution in [1.29, 1.82) is 0 Å². The second-order valence-corrected chi connectivity index (χ2v) is 8.60. The van der Waals surface area contributed by atoms with Gasteiger partial charge in [-0.15, -0.1) is 0 Å². The van der Waals surface area contributed by atoms with Crippen LogP contribution in [-0.4, -0.2) is 24.8 Å². The third-order valence-corrected chi connectivity index (χ3v) is 5.78. The Balaban J connectivity index is 1.70. The van der Waals surface area contributed by atoms with E-state index in [1.54, 1.807) is 49.3 Å². The third-order valence-electron chi connectivity index (χ3n) is 4.67. The standard InChI is InChI=1S/C22H17Cl4N5O/c23-15-1-3-17(19(25)9-15)21(11-30-7-5-27-13-30)29-32-22(12-31-8-6-28-14-31)18-4-2-16(24)10-20(18)26/h1-10,13-14,22H,11-12H2/b29-21-. The number of benzene rings is 2. The molecule has 0 saturated carbocycles. The summed E-state index contributed by atoms with van der Waals surface area (Å²) in [6, 6.07) is 10.5. The molecule has 1 atom stereocenters. The Labute approximate surface area is 205 Å². The molecule has 0 bridgehead atoms. The van der Waals surface area contributed by atoms with Gasteiger partial charge in [0, 0.05) is 51.0 Å². The van der Waals surface area contributed by atoms with Gasteiger partial charge in [-0.1, -0.05) is 57.6 Å². The Hall–Kier alpha value is -2.51. The van der Waals surface area contributed by atoms with E-state index in [0.717, 1.165) is 5.56 Å². The number of aromatic nitrogens is 4. The summed E-state index contributed by atoms with van der Waals surface area (Å²) in [5.74, 6) is 0. The van der Waals surface area contributed by atoms with Gasteiger partial charge >= 0.3 is 0 Å². The number of hydrogen-bond acceptors (Lipinski definition) is 4. The number of hydrogen-bond donors (Lipinski definition) is 0. The van der Waals surface area contributed by atoms with Gasteiger partial charge in [-0.2, -0.15) is 0 Å². The van der Waals surface area contributed by atoms with Crippen LogP contribution in [0.2, 0.25) is 20.1 Å². The van der Waals surface area contributed by atoms with Gasteiger partial charge in [0.2, 0.25) is 0 Å². The fourth-order valence-corrected chi connectivity index (χ4v) is 4.15. The van der Waals surface area contributed by atoms with Crippen molar-refractivity contribution in [3.8, 4) is 0 Å². The second-order valence-electron chi connectivity index (χ2n) is 6.92. The van der Waals surface area contributed by atoms with Gasteiger partial charge in [0.05, 0.1) is 30.8 Å². The first-order valence-corrected chi connectivity index (χ1v) is 11.1. The Kier molecular flexibility index (Phi) is 7.37. The number of halogens is 4. The number of nitrogens with zero attached hydrogens (tertiary/aromatic N) is 5. The highest BCUT2D eigenvalue weighted by atomic mass is 35.5. The zero-order chi connectivity index (χ0) is 22.5. The zero-order valence-electron chi connectivity index (χ0n) is 16.6. The van der Waals surface area contributed by atoms with E-state index in [4.69, 9.17) is 51.2 Å². The van der Waals surface area contributed by atoms with E-state index in [0.29, 0.717) is 44.5 Å². The van der Waals surface area contributed by atoms with Crippen molar-refractivity contribution >= 4 is 52.1 Å². The number of rotatable bonds is 8. The Bertz CT molecular complexity index is 1210. The maximum Gasteiger partial charge on any atom is 0.171 e. The molecule has 0 amide bonds. The van der Waals surface area contributed by atoms with E-state index in [9.17, 15) is 0 Å². The van der Waals surface area contributed by atoms with E-state index >= 15 is 0 Å². The first kappa shape index (κ1) is 22.7. The van der Waals surface area contributed by atoms with Crippen LogP contribution < -0.4 is 0 Å². The second kappa shape index (κ2) is 10.4. The minimum Gasteiger partial charge on any atom is -0.385 e. The zero-order valence-corrected chi connectivity index (χ0v) is 19.6. The van der Waals surface area contributed by atoms with Crippen LogP contribution in [0.25, 0.3) is 0 Å². The summed E-state index contributed by atoms with van der Waals surface area (Å²) >= 11 is 25.1. The van der Waals surface area contributed by atoms with Crippen molar-refractivity contribution in [3.63, 3.8) is 0 Å². The highest BCUT2D eigenvalue weighted by molar-refractivity contribution is 6.37. The number of oxime groups is 1. The molecular weight excluding hydrogens is 492 g/mol.